The van der Waals surface area contributed by atoms with Crippen LogP contribution in [0.25, 0.3) is 22.2 Å². The predicted octanol–water partition coefficient (Wildman–Crippen LogP) is 3.91. The predicted molar refractivity (Wildman–Crippen MR) is 121 cm³/mol. The Morgan fingerprint density at radius 2 is 1.97 bits per heavy atom. The molecule has 0 atom stereocenters. The van der Waals surface area contributed by atoms with Gasteiger partial charge in [-0.1, -0.05) is 12.1 Å². The lowest BCUT2D eigenvalue weighted by molar-refractivity contribution is 0.102. The number of carbonyl (C=O) groups excluding carboxylic acids is 1. The second kappa shape index (κ2) is 8.65. The van der Waals surface area contributed by atoms with Crippen molar-refractivity contribution in [2.24, 2.45) is 0 Å². The molecular weight excluding hydrogens is 421 g/mol. The minimum absolute atomic E-state index is 0.0725. The number of aromatic nitrogens is 2. The maximum absolute atomic E-state index is 15.1. The smallest absolute Gasteiger partial charge is 0.259 e. The maximum atomic E-state index is 15.1. The van der Waals surface area contributed by atoms with Gasteiger partial charge in [-0.25, -0.2) is 14.4 Å². The van der Waals surface area contributed by atoms with Gasteiger partial charge in [0.05, 0.1) is 17.2 Å². The monoisotopic (exact) mass is 439 g/mol. The van der Waals surface area contributed by atoms with Crippen molar-refractivity contribution in [2.75, 3.05) is 18.4 Å². The van der Waals surface area contributed by atoms with Crippen molar-refractivity contribution in [3.63, 3.8) is 0 Å². The zero-order valence-electron chi connectivity index (χ0n) is 17.4. The molecule has 0 aliphatic carbocycles. The van der Waals surface area contributed by atoms with Gasteiger partial charge in [-0.2, -0.15) is 5.26 Å². The van der Waals surface area contributed by atoms with Gasteiger partial charge < -0.3 is 15.4 Å². The summed E-state index contributed by atoms with van der Waals surface area (Å²) in [5.41, 5.74) is 2.02. The van der Waals surface area contributed by atoms with E-state index in [1.165, 1.54) is 12.1 Å². The number of ether oxygens (including phenoxy) is 1. The lowest BCUT2D eigenvalue weighted by atomic mass is 10.00. The summed E-state index contributed by atoms with van der Waals surface area (Å²) in [5, 5.41) is 15.6. The summed E-state index contributed by atoms with van der Waals surface area (Å²) in [5.74, 6) is -0.665. The molecule has 0 unspecified atom stereocenters. The Hall–Kier alpha value is -4.35. The largest absolute Gasteiger partial charge is 0.487 e. The van der Waals surface area contributed by atoms with E-state index in [2.05, 4.69) is 26.7 Å². The average molecular weight is 439 g/mol. The quantitative estimate of drug-likeness (QED) is 0.489. The topological polar surface area (TPSA) is 99.9 Å². The van der Waals surface area contributed by atoms with Gasteiger partial charge in [-0.3, -0.25) is 4.79 Å². The van der Waals surface area contributed by atoms with Crippen molar-refractivity contribution in [1.29, 1.82) is 5.26 Å². The van der Waals surface area contributed by atoms with E-state index in [9.17, 15) is 4.79 Å². The van der Waals surface area contributed by atoms with Crippen LogP contribution >= 0.6 is 0 Å². The number of nitrogens with one attached hydrogen (secondary N) is 2. The summed E-state index contributed by atoms with van der Waals surface area (Å²) in [6, 6.07) is 18.6. The second-order valence-corrected chi connectivity index (χ2v) is 7.62. The van der Waals surface area contributed by atoms with Crippen LogP contribution in [0.5, 0.6) is 5.75 Å². The normalized spacial score (nSPS) is 13.2. The molecule has 5 rings (SSSR count). The van der Waals surface area contributed by atoms with Crippen LogP contribution < -0.4 is 15.4 Å². The molecule has 7 nitrogen and oxygen atoms in total. The lowest BCUT2D eigenvalue weighted by Gasteiger charge is -2.29. The fourth-order valence-electron chi connectivity index (χ4n) is 3.51. The van der Waals surface area contributed by atoms with E-state index in [1.807, 2.05) is 6.07 Å². The van der Waals surface area contributed by atoms with E-state index < -0.39 is 11.7 Å². The molecule has 0 saturated carbocycles. The van der Waals surface area contributed by atoms with Crippen molar-refractivity contribution in [3.8, 4) is 22.9 Å². The zero-order valence-corrected chi connectivity index (χ0v) is 17.4. The molecular formula is C25H18FN5O2. The Kier molecular flexibility index (Phi) is 5.39. The summed E-state index contributed by atoms with van der Waals surface area (Å²) in [6.07, 6.45) is 1.54. The van der Waals surface area contributed by atoms with Crippen molar-refractivity contribution >= 4 is 22.8 Å². The van der Waals surface area contributed by atoms with Crippen LogP contribution in [0.3, 0.4) is 0 Å². The van der Waals surface area contributed by atoms with Crippen molar-refractivity contribution in [3.05, 3.63) is 83.8 Å². The van der Waals surface area contributed by atoms with Crippen LogP contribution in [0.2, 0.25) is 0 Å². The number of nitriles is 1. The highest BCUT2D eigenvalue weighted by atomic mass is 19.1. The molecule has 1 saturated heterocycles. The minimum atomic E-state index is -0.690. The maximum Gasteiger partial charge on any atom is 0.259 e. The number of hydrogen-bond donors (Lipinski definition) is 2. The molecule has 2 aromatic heterocycles. The molecule has 0 spiro atoms. The van der Waals surface area contributed by atoms with Gasteiger partial charge >= 0.3 is 0 Å². The number of carbonyl (C=O) groups is 1. The second-order valence-electron chi connectivity index (χ2n) is 7.62. The Balaban J connectivity index is 1.48. The summed E-state index contributed by atoms with van der Waals surface area (Å²) < 4.78 is 21.1. The molecule has 2 N–H and O–H groups in total. The molecule has 33 heavy (non-hydrogen) atoms. The number of nitrogens with zero attached hydrogens (tertiary/aromatic N) is 3. The number of benzene rings is 2. The highest BCUT2D eigenvalue weighted by molar-refractivity contribution is 6.05. The third kappa shape index (κ3) is 4.22. The number of hydrogen-bond acceptors (Lipinski definition) is 6. The first-order valence-electron chi connectivity index (χ1n) is 10.4. The number of pyridine rings is 2. The summed E-state index contributed by atoms with van der Waals surface area (Å²) in [4.78, 5) is 21.4. The molecule has 4 aromatic rings. The molecule has 1 aliphatic heterocycles. The van der Waals surface area contributed by atoms with Gasteiger partial charge in [-0.05, 0) is 54.1 Å². The van der Waals surface area contributed by atoms with Crippen LogP contribution in [-0.2, 0) is 0 Å². The number of rotatable bonds is 5. The highest BCUT2D eigenvalue weighted by Gasteiger charge is 2.23. The molecule has 2 aromatic carbocycles. The molecule has 1 aliphatic rings. The first-order chi connectivity index (χ1) is 16.1. The van der Waals surface area contributed by atoms with E-state index in [1.54, 1.807) is 48.7 Å². The SMILES string of the molecule is N#Cc1ccc(-c2cc(F)c(C(=O)Nc3ccc4cccnc4n3)cc2OC2CNC2)cc1. The standard InChI is InChI=1S/C25H18FN5O2/c26-21-10-19(16-5-3-15(12-27)4-6-16)22(33-18-13-28-14-18)11-20(21)25(32)31-23-8-7-17-2-1-9-29-24(17)30-23/h1-11,18,28H,13-14H2,(H,29,30,31,32). The summed E-state index contributed by atoms with van der Waals surface area (Å²) in [7, 11) is 0. The Morgan fingerprint density at radius 3 is 2.70 bits per heavy atom. The third-order valence-corrected chi connectivity index (χ3v) is 5.38. The van der Waals surface area contributed by atoms with E-state index in [-0.39, 0.29) is 17.5 Å². The number of anilines is 1. The van der Waals surface area contributed by atoms with E-state index in [0.29, 0.717) is 41.2 Å². The summed E-state index contributed by atoms with van der Waals surface area (Å²) >= 11 is 0. The summed E-state index contributed by atoms with van der Waals surface area (Å²) in [6.45, 7) is 1.33. The van der Waals surface area contributed by atoms with Crippen molar-refractivity contribution in [2.45, 2.75) is 6.10 Å². The van der Waals surface area contributed by atoms with Crippen molar-refractivity contribution < 1.29 is 13.9 Å². The van der Waals surface area contributed by atoms with E-state index >= 15 is 4.39 Å². The molecule has 1 amide bonds. The molecule has 3 heterocycles. The first kappa shape index (κ1) is 20.5. The number of amides is 1. The Labute approximate surface area is 188 Å². The Morgan fingerprint density at radius 1 is 1.15 bits per heavy atom. The van der Waals surface area contributed by atoms with Gasteiger partial charge in [0.25, 0.3) is 5.91 Å². The molecule has 0 bridgehead atoms. The van der Waals surface area contributed by atoms with Crippen LogP contribution in [0.1, 0.15) is 15.9 Å². The van der Waals surface area contributed by atoms with E-state index in [0.717, 1.165) is 5.39 Å². The third-order valence-electron chi connectivity index (χ3n) is 5.38. The molecule has 0 radical (unpaired) electrons. The van der Waals surface area contributed by atoms with Gasteiger partial charge in [0.2, 0.25) is 0 Å². The minimum Gasteiger partial charge on any atom is -0.487 e. The van der Waals surface area contributed by atoms with Gasteiger partial charge in [-0.15, -0.1) is 0 Å². The fourth-order valence-corrected chi connectivity index (χ4v) is 3.51. The van der Waals surface area contributed by atoms with Crippen LogP contribution in [-0.4, -0.2) is 35.1 Å². The van der Waals surface area contributed by atoms with Gasteiger partial charge in [0.1, 0.15) is 23.5 Å². The highest BCUT2D eigenvalue weighted by Crippen LogP contribution is 2.34. The molecule has 162 valence electrons. The van der Waals surface area contributed by atoms with Crippen molar-refractivity contribution in [1.82, 2.24) is 15.3 Å². The zero-order chi connectivity index (χ0) is 22.8. The lowest BCUT2D eigenvalue weighted by Crippen LogP contribution is -2.50. The van der Waals surface area contributed by atoms with E-state index in [4.69, 9.17) is 10.00 Å². The van der Waals surface area contributed by atoms with Gasteiger partial charge in [0.15, 0.2) is 5.65 Å². The first-order valence-corrected chi connectivity index (χ1v) is 10.4. The number of fused-ring (bicyclic) bond motifs is 1. The average Bonchev–Trinajstić information content (AvgIpc) is 2.81. The van der Waals surface area contributed by atoms with Gasteiger partial charge in [0, 0.05) is 30.2 Å². The van der Waals surface area contributed by atoms with Crippen LogP contribution in [0.15, 0.2) is 66.9 Å². The Bertz CT molecular complexity index is 1390. The number of halogens is 1. The molecule has 8 heteroatoms. The van der Waals surface area contributed by atoms with Crippen LogP contribution in [0.4, 0.5) is 10.2 Å². The van der Waals surface area contributed by atoms with Crippen LogP contribution in [0, 0.1) is 17.1 Å². The molecule has 1 fully saturated rings. The fraction of sp³-hybridized carbons (Fsp3) is 0.120.